The van der Waals surface area contributed by atoms with E-state index in [2.05, 4.69) is 20.0 Å². The van der Waals surface area contributed by atoms with E-state index < -0.39 is 10.0 Å². The number of nitrogens with zero attached hydrogens (tertiary/aromatic N) is 2. The first-order chi connectivity index (χ1) is 14.6. The van der Waals surface area contributed by atoms with Crippen LogP contribution in [0.25, 0.3) is 0 Å². The highest BCUT2D eigenvalue weighted by molar-refractivity contribution is 7.92. The van der Waals surface area contributed by atoms with Gasteiger partial charge in [-0.2, -0.15) is 0 Å². The number of hydrogen-bond donors (Lipinski definition) is 2. The molecule has 0 radical (unpaired) electrons. The second kappa shape index (κ2) is 9.47. The summed E-state index contributed by atoms with van der Waals surface area (Å²) in [5.74, 6) is -0.244. The Bertz CT molecular complexity index is 1240. The number of hydrogen-bond acceptors (Lipinski definition) is 6. The molecule has 10 heteroatoms. The zero-order chi connectivity index (χ0) is 22.6. The van der Waals surface area contributed by atoms with E-state index in [-0.39, 0.29) is 16.6 Å². The van der Waals surface area contributed by atoms with Crippen LogP contribution in [-0.4, -0.2) is 24.2 Å². The minimum Gasteiger partial charge on any atom is -0.362 e. The second-order valence-corrected chi connectivity index (χ2v) is 9.07. The van der Waals surface area contributed by atoms with Gasteiger partial charge in [0.25, 0.3) is 10.0 Å². The van der Waals surface area contributed by atoms with E-state index in [1.54, 1.807) is 44.2 Å². The largest absolute Gasteiger partial charge is 0.362 e. The molecule has 0 unspecified atom stereocenters. The molecule has 160 valence electrons. The molecule has 0 aliphatic rings. The maximum absolute atomic E-state index is 12.6. The Morgan fingerprint density at radius 1 is 0.935 bits per heavy atom. The molecule has 0 saturated heterocycles. The fourth-order valence-electron chi connectivity index (χ4n) is 2.64. The van der Waals surface area contributed by atoms with Crippen molar-refractivity contribution in [1.29, 1.82) is 0 Å². The topological polar surface area (TPSA) is 101 Å². The number of carbonyl (C=O) groups excluding carboxylic acids is 1. The molecule has 7 nitrogen and oxygen atoms in total. The van der Waals surface area contributed by atoms with Gasteiger partial charge in [-0.05, 0) is 62.4 Å². The number of nitrogens with one attached hydrogen (secondary N) is 2. The monoisotopic (exact) mass is 476 g/mol. The minimum atomic E-state index is -3.84. The van der Waals surface area contributed by atoms with Crippen LogP contribution in [0, 0.1) is 13.8 Å². The van der Waals surface area contributed by atoms with Crippen molar-refractivity contribution in [2.24, 2.45) is 0 Å². The molecule has 0 bridgehead atoms. The number of aryl methyl sites for hydroxylation is 2. The van der Waals surface area contributed by atoms with E-state index in [0.29, 0.717) is 32.7 Å². The third-order valence-electron chi connectivity index (χ3n) is 4.06. The molecule has 1 heterocycles. The SMILES string of the molecule is Cc1cc(C)nc(NS(=O)(=O)c2ccc(N/C=C/C(=O)c3ccc(Cl)c(Cl)c3)cc2)n1. The first kappa shape index (κ1) is 22.7. The standard InChI is InChI=1S/C21H18Cl2N4O3S/c1-13-11-14(2)26-21(25-13)27-31(29,30)17-6-4-16(5-7-17)24-10-9-20(28)15-3-8-18(22)19(23)12-15/h3-12,24H,1-2H3,(H,25,26,27)/b10-9+. The Balaban J connectivity index is 1.65. The van der Waals surface area contributed by atoms with Crippen molar-refractivity contribution in [2.75, 3.05) is 10.0 Å². The molecule has 0 amide bonds. The predicted octanol–water partition coefficient (Wildman–Crippen LogP) is 5.01. The van der Waals surface area contributed by atoms with E-state index >= 15 is 0 Å². The first-order valence-electron chi connectivity index (χ1n) is 9.02. The molecule has 0 atom stereocenters. The summed E-state index contributed by atoms with van der Waals surface area (Å²) in [6, 6.07) is 12.4. The number of halogens is 2. The number of sulfonamides is 1. The molecule has 0 fully saturated rings. The average Bonchev–Trinajstić information content (AvgIpc) is 2.69. The van der Waals surface area contributed by atoms with Crippen LogP contribution in [0.15, 0.2) is 65.7 Å². The van der Waals surface area contributed by atoms with Gasteiger partial charge in [-0.15, -0.1) is 0 Å². The normalized spacial score (nSPS) is 11.5. The van der Waals surface area contributed by atoms with Gasteiger partial charge in [-0.1, -0.05) is 23.2 Å². The highest BCUT2D eigenvalue weighted by Gasteiger charge is 2.16. The second-order valence-electron chi connectivity index (χ2n) is 6.57. The van der Waals surface area contributed by atoms with Crippen LogP contribution >= 0.6 is 23.2 Å². The van der Waals surface area contributed by atoms with E-state index in [0.717, 1.165) is 0 Å². The maximum Gasteiger partial charge on any atom is 0.264 e. The Labute approximate surface area is 190 Å². The van der Waals surface area contributed by atoms with Gasteiger partial charge in [-0.3, -0.25) is 4.79 Å². The third kappa shape index (κ3) is 6.04. The van der Waals surface area contributed by atoms with Crippen molar-refractivity contribution in [2.45, 2.75) is 18.7 Å². The van der Waals surface area contributed by atoms with Gasteiger partial charge in [-0.25, -0.2) is 23.1 Å². The Hall–Kier alpha value is -2.94. The number of carbonyl (C=O) groups is 1. The fraction of sp³-hybridized carbons (Fsp3) is 0.0952. The van der Waals surface area contributed by atoms with E-state index in [1.807, 2.05) is 0 Å². The van der Waals surface area contributed by atoms with E-state index in [9.17, 15) is 13.2 Å². The molecule has 3 aromatic rings. The molecule has 0 saturated carbocycles. The van der Waals surface area contributed by atoms with Gasteiger partial charge in [0.05, 0.1) is 14.9 Å². The molecule has 1 aromatic heterocycles. The first-order valence-corrected chi connectivity index (χ1v) is 11.3. The lowest BCUT2D eigenvalue weighted by Gasteiger charge is -2.09. The van der Waals surface area contributed by atoms with Crippen LogP contribution in [0.5, 0.6) is 0 Å². The number of rotatable bonds is 7. The number of ketones is 1. The van der Waals surface area contributed by atoms with E-state index in [4.69, 9.17) is 23.2 Å². The lowest BCUT2D eigenvalue weighted by Crippen LogP contribution is -2.15. The predicted molar refractivity (Wildman–Crippen MR) is 122 cm³/mol. The average molecular weight is 477 g/mol. The van der Waals surface area contributed by atoms with E-state index in [1.165, 1.54) is 30.5 Å². The van der Waals surface area contributed by atoms with Crippen LogP contribution in [0.2, 0.25) is 10.0 Å². The van der Waals surface area contributed by atoms with Crippen LogP contribution in [-0.2, 0) is 10.0 Å². The summed E-state index contributed by atoms with van der Waals surface area (Å²) in [5, 5.41) is 3.58. The van der Waals surface area contributed by atoms with Gasteiger partial charge in [0, 0.05) is 34.9 Å². The van der Waals surface area contributed by atoms with Crippen LogP contribution in [0.1, 0.15) is 21.7 Å². The van der Waals surface area contributed by atoms with Crippen molar-refractivity contribution in [3.8, 4) is 0 Å². The molecule has 0 aliphatic carbocycles. The number of aromatic nitrogens is 2. The number of anilines is 2. The summed E-state index contributed by atoms with van der Waals surface area (Å²) in [6.45, 7) is 3.51. The number of allylic oxidation sites excluding steroid dienone is 1. The summed E-state index contributed by atoms with van der Waals surface area (Å²) >= 11 is 11.8. The third-order valence-corrected chi connectivity index (χ3v) is 6.14. The quantitative estimate of drug-likeness (QED) is 0.367. The van der Waals surface area contributed by atoms with Gasteiger partial charge >= 0.3 is 0 Å². The fourth-order valence-corrected chi connectivity index (χ4v) is 3.88. The van der Waals surface area contributed by atoms with Crippen LogP contribution in [0.3, 0.4) is 0 Å². The summed E-state index contributed by atoms with van der Waals surface area (Å²) in [5.41, 5.74) is 2.31. The Morgan fingerprint density at radius 3 is 2.19 bits per heavy atom. The highest BCUT2D eigenvalue weighted by atomic mass is 35.5. The zero-order valence-electron chi connectivity index (χ0n) is 16.6. The highest BCUT2D eigenvalue weighted by Crippen LogP contribution is 2.23. The molecule has 2 N–H and O–H groups in total. The van der Waals surface area contributed by atoms with Gasteiger partial charge in [0.15, 0.2) is 5.78 Å². The molecular formula is C21H18Cl2N4O3S. The summed E-state index contributed by atoms with van der Waals surface area (Å²) in [6.07, 6.45) is 2.79. The zero-order valence-corrected chi connectivity index (χ0v) is 18.9. The summed E-state index contributed by atoms with van der Waals surface area (Å²) < 4.78 is 27.5. The van der Waals surface area contributed by atoms with Crippen molar-refractivity contribution in [1.82, 2.24) is 9.97 Å². The lowest BCUT2D eigenvalue weighted by atomic mass is 10.1. The van der Waals surface area contributed by atoms with Crippen molar-refractivity contribution in [3.05, 3.63) is 87.8 Å². The van der Waals surface area contributed by atoms with Gasteiger partial charge in [0.2, 0.25) is 5.95 Å². The molecule has 2 aromatic carbocycles. The van der Waals surface area contributed by atoms with Gasteiger partial charge in [0.1, 0.15) is 0 Å². The van der Waals surface area contributed by atoms with Crippen molar-refractivity contribution in [3.63, 3.8) is 0 Å². The van der Waals surface area contributed by atoms with Crippen molar-refractivity contribution >= 4 is 50.6 Å². The van der Waals surface area contributed by atoms with Crippen LogP contribution in [0.4, 0.5) is 11.6 Å². The van der Waals surface area contributed by atoms with Crippen LogP contribution < -0.4 is 10.0 Å². The molecule has 3 rings (SSSR count). The smallest absolute Gasteiger partial charge is 0.264 e. The summed E-state index contributed by atoms with van der Waals surface area (Å²) in [7, 11) is -3.84. The van der Waals surface area contributed by atoms with Gasteiger partial charge < -0.3 is 5.32 Å². The molecule has 31 heavy (non-hydrogen) atoms. The molecular weight excluding hydrogens is 459 g/mol. The minimum absolute atomic E-state index is 0.0171. The maximum atomic E-state index is 12.6. The molecule has 0 aliphatic heterocycles. The molecule has 0 spiro atoms. The Morgan fingerprint density at radius 2 is 1.58 bits per heavy atom. The lowest BCUT2D eigenvalue weighted by molar-refractivity contribution is 0.104. The Kier molecular flexibility index (Phi) is 6.94. The van der Waals surface area contributed by atoms with Crippen molar-refractivity contribution < 1.29 is 13.2 Å². The summed E-state index contributed by atoms with van der Waals surface area (Å²) in [4.78, 5) is 20.4. The number of benzene rings is 2.